The highest BCUT2D eigenvalue weighted by Gasteiger charge is 2.44. The normalized spacial score (nSPS) is 19.5. The molecule has 2 aliphatic rings. The van der Waals surface area contributed by atoms with Crippen molar-refractivity contribution in [2.45, 2.75) is 38.4 Å². The summed E-state index contributed by atoms with van der Waals surface area (Å²) in [7, 11) is 0. The number of nitrogens with one attached hydrogen (secondary N) is 2. The number of benzene rings is 2. The second-order valence-electron chi connectivity index (χ2n) is 8.23. The van der Waals surface area contributed by atoms with E-state index < -0.39 is 18.1 Å². The van der Waals surface area contributed by atoms with Crippen molar-refractivity contribution in [3.05, 3.63) is 71.4 Å². The molecule has 1 saturated heterocycles. The SMILES string of the molecule is CC(C(=O)N1CCc2ccccc2C1)N1C(=O)NC(Cc2c[nH]c3ccccc23)C1=O. The third-order valence-corrected chi connectivity index (χ3v) is 6.34. The Kier molecular flexibility index (Phi) is 4.73. The van der Waals surface area contributed by atoms with Gasteiger partial charge < -0.3 is 15.2 Å². The van der Waals surface area contributed by atoms with Crippen molar-refractivity contribution in [1.29, 1.82) is 0 Å². The van der Waals surface area contributed by atoms with E-state index >= 15 is 0 Å². The summed E-state index contributed by atoms with van der Waals surface area (Å²) < 4.78 is 0. The molecule has 5 rings (SSSR count). The molecule has 2 N–H and O–H groups in total. The van der Waals surface area contributed by atoms with Crippen molar-refractivity contribution in [2.24, 2.45) is 0 Å². The Bertz CT molecular complexity index is 1180. The standard InChI is InChI=1S/C24H24N4O3/c1-15(22(29)27-11-10-16-6-2-3-7-17(16)14-27)28-23(30)21(26-24(28)31)12-18-13-25-20-9-5-4-8-19(18)20/h2-9,13,15,21,25H,10-12,14H2,1H3,(H,26,31). The molecule has 2 aliphatic heterocycles. The molecule has 0 aliphatic carbocycles. The van der Waals surface area contributed by atoms with Crippen LogP contribution >= 0.6 is 0 Å². The number of aromatic nitrogens is 1. The third kappa shape index (κ3) is 3.36. The number of urea groups is 1. The van der Waals surface area contributed by atoms with Crippen molar-refractivity contribution in [3.63, 3.8) is 0 Å². The van der Waals surface area contributed by atoms with Crippen LogP contribution in [0.2, 0.25) is 0 Å². The second kappa shape index (κ2) is 7.58. The first-order chi connectivity index (χ1) is 15.0. The zero-order valence-corrected chi connectivity index (χ0v) is 17.3. The molecule has 31 heavy (non-hydrogen) atoms. The fourth-order valence-electron chi connectivity index (χ4n) is 4.63. The number of rotatable bonds is 4. The maximum Gasteiger partial charge on any atom is 0.325 e. The van der Waals surface area contributed by atoms with Gasteiger partial charge in [-0.2, -0.15) is 0 Å². The van der Waals surface area contributed by atoms with E-state index in [2.05, 4.69) is 16.4 Å². The van der Waals surface area contributed by atoms with E-state index in [-0.39, 0.29) is 11.8 Å². The van der Waals surface area contributed by atoms with Gasteiger partial charge in [-0.3, -0.25) is 14.5 Å². The molecule has 158 valence electrons. The summed E-state index contributed by atoms with van der Waals surface area (Å²) in [5, 5.41) is 3.79. The van der Waals surface area contributed by atoms with Crippen molar-refractivity contribution in [2.75, 3.05) is 6.54 Å². The van der Waals surface area contributed by atoms with E-state index in [9.17, 15) is 14.4 Å². The molecular formula is C24H24N4O3. The molecule has 0 bridgehead atoms. The molecule has 3 heterocycles. The molecular weight excluding hydrogens is 392 g/mol. The Hall–Kier alpha value is -3.61. The summed E-state index contributed by atoms with van der Waals surface area (Å²) in [5.41, 5.74) is 4.31. The predicted molar refractivity (Wildman–Crippen MR) is 116 cm³/mol. The van der Waals surface area contributed by atoms with Crippen molar-refractivity contribution in [3.8, 4) is 0 Å². The van der Waals surface area contributed by atoms with Crippen LogP contribution in [0, 0.1) is 0 Å². The van der Waals surface area contributed by atoms with Gasteiger partial charge in [0.05, 0.1) is 0 Å². The number of H-pyrrole nitrogens is 1. The first kappa shape index (κ1) is 19.4. The summed E-state index contributed by atoms with van der Waals surface area (Å²) in [6.07, 6.45) is 3.02. The van der Waals surface area contributed by atoms with Gasteiger partial charge in [0.1, 0.15) is 12.1 Å². The highest BCUT2D eigenvalue weighted by Crippen LogP contribution is 2.24. The van der Waals surface area contributed by atoms with Gasteiger partial charge in [-0.25, -0.2) is 4.79 Å². The zero-order valence-electron chi connectivity index (χ0n) is 17.3. The molecule has 3 aromatic rings. The van der Waals surface area contributed by atoms with Crippen LogP contribution in [0.1, 0.15) is 23.6 Å². The predicted octanol–water partition coefficient (Wildman–Crippen LogP) is 2.60. The number of fused-ring (bicyclic) bond motifs is 2. The first-order valence-electron chi connectivity index (χ1n) is 10.6. The number of para-hydroxylation sites is 1. The lowest BCUT2D eigenvalue weighted by atomic mass is 9.99. The Morgan fingerprint density at radius 2 is 1.84 bits per heavy atom. The van der Waals surface area contributed by atoms with E-state index in [4.69, 9.17) is 0 Å². The fraction of sp³-hybridized carbons (Fsp3) is 0.292. The molecule has 1 aromatic heterocycles. The van der Waals surface area contributed by atoms with Crippen LogP contribution in [0.15, 0.2) is 54.7 Å². The monoisotopic (exact) mass is 416 g/mol. The van der Waals surface area contributed by atoms with Gasteiger partial charge in [-0.05, 0) is 36.1 Å². The molecule has 4 amide bonds. The maximum atomic E-state index is 13.1. The number of hydrogen-bond donors (Lipinski definition) is 2. The molecule has 7 heteroatoms. The Morgan fingerprint density at radius 3 is 2.68 bits per heavy atom. The van der Waals surface area contributed by atoms with Gasteiger partial charge in [-0.1, -0.05) is 42.5 Å². The number of carbonyl (C=O) groups excluding carboxylic acids is 3. The minimum Gasteiger partial charge on any atom is -0.361 e. The van der Waals surface area contributed by atoms with Crippen LogP contribution in [-0.2, 0) is 29.0 Å². The van der Waals surface area contributed by atoms with Gasteiger partial charge in [0.2, 0.25) is 5.91 Å². The van der Waals surface area contributed by atoms with E-state index in [0.29, 0.717) is 19.5 Å². The minimum absolute atomic E-state index is 0.203. The highest BCUT2D eigenvalue weighted by atomic mass is 16.2. The van der Waals surface area contributed by atoms with Crippen LogP contribution in [0.4, 0.5) is 4.79 Å². The highest BCUT2D eigenvalue weighted by molar-refractivity contribution is 6.07. The maximum absolute atomic E-state index is 13.1. The van der Waals surface area contributed by atoms with Crippen LogP contribution in [0.3, 0.4) is 0 Å². The minimum atomic E-state index is -0.842. The van der Waals surface area contributed by atoms with Gasteiger partial charge in [-0.15, -0.1) is 0 Å². The molecule has 0 saturated carbocycles. The number of imide groups is 1. The van der Waals surface area contributed by atoms with Gasteiger partial charge in [0.15, 0.2) is 0 Å². The third-order valence-electron chi connectivity index (χ3n) is 6.34. The summed E-state index contributed by atoms with van der Waals surface area (Å²) in [4.78, 5) is 44.8. The fourth-order valence-corrected chi connectivity index (χ4v) is 4.63. The number of amides is 4. The molecule has 0 radical (unpaired) electrons. The van der Waals surface area contributed by atoms with E-state index in [1.54, 1.807) is 11.8 Å². The number of aromatic amines is 1. The summed E-state index contributed by atoms with van der Waals surface area (Å²) in [6.45, 7) is 2.72. The quantitative estimate of drug-likeness (QED) is 0.641. The van der Waals surface area contributed by atoms with Crippen LogP contribution < -0.4 is 5.32 Å². The van der Waals surface area contributed by atoms with Crippen LogP contribution in [0.25, 0.3) is 10.9 Å². The average molecular weight is 416 g/mol. The zero-order chi connectivity index (χ0) is 21.5. The van der Waals surface area contributed by atoms with E-state index in [0.717, 1.165) is 33.4 Å². The molecule has 0 spiro atoms. The summed E-state index contributed by atoms with van der Waals surface area (Å²) in [6, 6.07) is 13.9. The molecule has 1 fully saturated rings. The first-order valence-corrected chi connectivity index (χ1v) is 10.6. The number of nitrogens with zero attached hydrogens (tertiary/aromatic N) is 2. The Balaban J connectivity index is 1.30. The smallest absolute Gasteiger partial charge is 0.325 e. The number of hydrogen-bond acceptors (Lipinski definition) is 3. The number of carbonyl (C=O) groups is 3. The Labute approximate surface area is 180 Å². The van der Waals surface area contributed by atoms with Gasteiger partial charge in [0.25, 0.3) is 5.91 Å². The van der Waals surface area contributed by atoms with Gasteiger partial charge >= 0.3 is 6.03 Å². The summed E-state index contributed by atoms with van der Waals surface area (Å²) in [5.74, 6) is -0.556. The van der Waals surface area contributed by atoms with E-state index in [1.807, 2.05) is 48.7 Å². The molecule has 2 atom stereocenters. The van der Waals surface area contributed by atoms with Crippen LogP contribution in [-0.4, -0.2) is 51.3 Å². The van der Waals surface area contributed by atoms with Crippen LogP contribution in [0.5, 0.6) is 0 Å². The molecule has 7 nitrogen and oxygen atoms in total. The summed E-state index contributed by atoms with van der Waals surface area (Å²) >= 11 is 0. The average Bonchev–Trinajstić information content (AvgIpc) is 3.32. The van der Waals surface area contributed by atoms with Gasteiger partial charge in [0, 0.05) is 36.6 Å². The van der Waals surface area contributed by atoms with Crippen molar-refractivity contribution >= 4 is 28.7 Å². The molecule has 2 unspecified atom stereocenters. The Morgan fingerprint density at radius 1 is 1.10 bits per heavy atom. The van der Waals surface area contributed by atoms with Crippen molar-refractivity contribution < 1.29 is 14.4 Å². The largest absolute Gasteiger partial charge is 0.361 e. The lowest BCUT2D eigenvalue weighted by Gasteiger charge is -2.32. The lowest BCUT2D eigenvalue weighted by molar-refractivity contribution is -0.142. The molecule has 2 aromatic carbocycles. The lowest BCUT2D eigenvalue weighted by Crippen LogP contribution is -2.51. The van der Waals surface area contributed by atoms with Crippen molar-refractivity contribution in [1.82, 2.24) is 20.1 Å². The second-order valence-corrected chi connectivity index (χ2v) is 8.23. The van der Waals surface area contributed by atoms with E-state index in [1.165, 1.54) is 5.56 Å². The topological polar surface area (TPSA) is 85.5 Å².